The van der Waals surface area contributed by atoms with Crippen molar-refractivity contribution in [1.82, 2.24) is 29.3 Å². The number of fused-ring (bicyclic) bond motifs is 2. The lowest BCUT2D eigenvalue weighted by atomic mass is 9.79. The van der Waals surface area contributed by atoms with Crippen LogP contribution in [0.4, 0.5) is 5.69 Å². The number of nitrogens with zero attached hydrogens (tertiary/aromatic N) is 6. The van der Waals surface area contributed by atoms with E-state index in [1.54, 1.807) is 10.5 Å². The lowest BCUT2D eigenvalue weighted by Gasteiger charge is -2.49. The number of hydrogen-bond acceptors (Lipinski definition) is 6. The van der Waals surface area contributed by atoms with Gasteiger partial charge in [0.05, 0.1) is 34.5 Å². The van der Waals surface area contributed by atoms with Crippen LogP contribution in [0.15, 0.2) is 35.4 Å². The standard InChI is InChI=1S/C28H37N7O/c1-9-21-24-11-23(31-35(24)15-18(3)29-21)22-12-25(36)34-16-19(10-17(2)26(34)30-22)33(8)20-13-27(4,5)32-28(6,7)14-20/h10-12,15-16,20,32H,9,13-14H2,1-8H3. The van der Waals surface area contributed by atoms with Crippen molar-refractivity contribution < 1.29 is 0 Å². The van der Waals surface area contributed by atoms with Gasteiger partial charge in [0.15, 0.2) is 0 Å². The molecule has 0 spiro atoms. The SMILES string of the molecule is CCc1nc(C)cn2nc(-c3cc(=O)n4cc(N(C)C5CC(C)(C)NC(C)(C)C5)cc(C)c4n3)cc12. The first kappa shape index (κ1) is 24.4. The minimum Gasteiger partial charge on any atom is -0.370 e. The Morgan fingerprint density at radius 1 is 1.03 bits per heavy atom. The maximum atomic E-state index is 13.3. The van der Waals surface area contributed by atoms with Crippen LogP contribution in [0.2, 0.25) is 0 Å². The molecule has 4 aromatic heterocycles. The lowest BCUT2D eigenvalue weighted by Crippen LogP contribution is -2.61. The topological polar surface area (TPSA) is 79.8 Å². The lowest BCUT2D eigenvalue weighted by molar-refractivity contribution is 0.161. The number of hydrogen-bond donors (Lipinski definition) is 1. The van der Waals surface area contributed by atoms with E-state index in [4.69, 9.17) is 10.1 Å². The maximum Gasteiger partial charge on any atom is 0.258 e. The number of piperidine rings is 1. The van der Waals surface area contributed by atoms with Gasteiger partial charge >= 0.3 is 0 Å². The third-order valence-corrected chi connectivity index (χ3v) is 7.30. The molecule has 36 heavy (non-hydrogen) atoms. The fourth-order valence-corrected chi connectivity index (χ4v) is 6.00. The molecule has 1 saturated heterocycles. The van der Waals surface area contributed by atoms with Gasteiger partial charge < -0.3 is 10.2 Å². The number of aryl methyl sites for hydroxylation is 3. The van der Waals surface area contributed by atoms with E-state index in [9.17, 15) is 4.79 Å². The van der Waals surface area contributed by atoms with E-state index in [0.29, 0.717) is 23.1 Å². The van der Waals surface area contributed by atoms with Crippen LogP contribution in [0.3, 0.4) is 0 Å². The van der Waals surface area contributed by atoms with Crippen LogP contribution in [-0.4, -0.2) is 48.2 Å². The summed E-state index contributed by atoms with van der Waals surface area (Å²) in [5, 5.41) is 8.47. The first-order valence-corrected chi connectivity index (χ1v) is 12.8. The van der Waals surface area contributed by atoms with E-state index in [0.717, 1.165) is 47.4 Å². The van der Waals surface area contributed by atoms with E-state index in [2.05, 4.69) is 62.9 Å². The third kappa shape index (κ3) is 4.39. The van der Waals surface area contributed by atoms with Crippen molar-refractivity contribution >= 4 is 16.9 Å². The summed E-state index contributed by atoms with van der Waals surface area (Å²) < 4.78 is 3.51. The zero-order chi connectivity index (χ0) is 26.0. The van der Waals surface area contributed by atoms with Crippen molar-refractivity contribution in [3.8, 4) is 11.4 Å². The molecule has 5 heterocycles. The summed E-state index contributed by atoms with van der Waals surface area (Å²) in [5.74, 6) is 0. The quantitative estimate of drug-likeness (QED) is 0.462. The molecular weight excluding hydrogens is 450 g/mol. The number of nitrogens with one attached hydrogen (secondary N) is 1. The highest BCUT2D eigenvalue weighted by Gasteiger charge is 2.39. The van der Waals surface area contributed by atoms with Gasteiger partial charge in [0, 0.05) is 36.4 Å². The van der Waals surface area contributed by atoms with Gasteiger partial charge in [-0.05, 0) is 78.5 Å². The average molecular weight is 488 g/mol. The number of aromatic nitrogens is 5. The summed E-state index contributed by atoms with van der Waals surface area (Å²) in [4.78, 5) is 25.2. The van der Waals surface area contributed by atoms with Crippen molar-refractivity contribution in [2.24, 2.45) is 0 Å². The molecule has 8 heteroatoms. The number of anilines is 1. The summed E-state index contributed by atoms with van der Waals surface area (Å²) >= 11 is 0. The van der Waals surface area contributed by atoms with E-state index >= 15 is 0 Å². The summed E-state index contributed by atoms with van der Waals surface area (Å²) in [6, 6.07) is 6.06. The Balaban J connectivity index is 1.55. The molecule has 1 aliphatic rings. The molecule has 0 aromatic carbocycles. The highest BCUT2D eigenvalue weighted by molar-refractivity contribution is 5.67. The molecule has 190 valence electrons. The van der Waals surface area contributed by atoms with Crippen molar-refractivity contribution in [3.63, 3.8) is 0 Å². The van der Waals surface area contributed by atoms with E-state index in [1.807, 2.05) is 36.8 Å². The Bertz CT molecular complexity index is 1510. The largest absolute Gasteiger partial charge is 0.370 e. The van der Waals surface area contributed by atoms with E-state index in [-0.39, 0.29) is 16.6 Å². The molecule has 4 aromatic rings. The van der Waals surface area contributed by atoms with Crippen LogP contribution >= 0.6 is 0 Å². The second-order valence-corrected chi connectivity index (χ2v) is 11.7. The summed E-state index contributed by atoms with van der Waals surface area (Å²) in [6.45, 7) is 15.1. The van der Waals surface area contributed by atoms with Crippen LogP contribution in [-0.2, 0) is 6.42 Å². The molecule has 0 unspecified atom stereocenters. The van der Waals surface area contributed by atoms with E-state index in [1.165, 1.54) is 0 Å². The molecule has 8 nitrogen and oxygen atoms in total. The van der Waals surface area contributed by atoms with Crippen LogP contribution in [0.1, 0.15) is 64.4 Å². The van der Waals surface area contributed by atoms with Gasteiger partial charge in [-0.1, -0.05) is 6.92 Å². The Labute approximate surface area is 212 Å². The molecule has 0 atom stereocenters. The highest BCUT2D eigenvalue weighted by Crippen LogP contribution is 2.33. The Morgan fingerprint density at radius 3 is 2.39 bits per heavy atom. The number of rotatable bonds is 4. The van der Waals surface area contributed by atoms with Gasteiger partial charge in [-0.2, -0.15) is 5.10 Å². The summed E-state index contributed by atoms with van der Waals surface area (Å²) in [7, 11) is 2.13. The molecule has 5 rings (SSSR count). The highest BCUT2D eigenvalue weighted by atomic mass is 16.1. The monoisotopic (exact) mass is 487 g/mol. The molecule has 1 N–H and O–H groups in total. The van der Waals surface area contributed by atoms with E-state index < -0.39 is 0 Å². The fraction of sp³-hybridized carbons (Fsp3) is 0.500. The second-order valence-electron chi connectivity index (χ2n) is 11.7. The zero-order valence-corrected chi connectivity index (χ0v) is 22.7. The zero-order valence-electron chi connectivity index (χ0n) is 22.7. The van der Waals surface area contributed by atoms with Gasteiger partial charge in [0.2, 0.25) is 0 Å². The molecular formula is C28H37N7O. The van der Waals surface area contributed by atoms with Crippen LogP contribution in [0.25, 0.3) is 22.6 Å². The minimum absolute atomic E-state index is 0.0413. The summed E-state index contributed by atoms with van der Waals surface area (Å²) in [5.41, 5.74) is 6.71. The third-order valence-electron chi connectivity index (χ3n) is 7.30. The van der Waals surface area contributed by atoms with Crippen LogP contribution in [0.5, 0.6) is 0 Å². The normalized spacial score (nSPS) is 17.7. The molecule has 0 aliphatic carbocycles. The first-order chi connectivity index (χ1) is 16.9. The van der Waals surface area contributed by atoms with Crippen molar-refractivity contribution in [2.45, 2.75) is 84.8 Å². The van der Waals surface area contributed by atoms with Crippen molar-refractivity contribution in [3.05, 3.63) is 57.9 Å². The van der Waals surface area contributed by atoms with Crippen molar-refractivity contribution in [2.75, 3.05) is 11.9 Å². The van der Waals surface area contributed by atoms with Gasteiger partial charge in [0.1, 0.15) is 11.3 Å². The van der Waals surface area contributed by atoms with Gasteiger partial charge in [-0.15, -0.1) is 0 Å². The molecule has 0 amide bonds. The van der Waals surface area contributed by atoms with Gasteiger partial charge in [-0.3, -0.25) is 14.2 Å². The smallest absolute Gasteiger partial charge is 0.258 e. The van der Waals surface area contributed by atoms with Crippen LogP contribution < -0.4 is 15.8 Å². The first-order valence-electron chi connectivity index (χ1n) is 12.8. The second kappa shape index (κ2) is 8.40. The summed E-state index contributed by atoms with van der Waals surface area (Å²) in [6.07, 6.45) is 6.69. The molecule has 1 aliphatic heterocycles. The molecule has 0 bridgehead atoms. The average Bonchev–Trinajstić information content (AvgIpc) is 3.20. The predicted octanol–water partition coefficient (Wildman–Crippen LogP) is 4.33. The number of pyridine rings is 1. The van der Waals surface area contributed by atoms with Crippen LogP contribution in [0, 0.1) is 13.8 Å². The van der Waals surface area contributed by atoms with Crippen molar-refractivity contribution in [1.29, 1.82) is 0 Å². The van der Waals surface area contributed by atoms with Gasteiger partial charge in [-0.25, -0.2) is 9.50 Å². The molecule has 0 saturated carbocycles. The molecule has 0 radical (unpaired) electrons. The molecule has 1 fully saturated rings. The minimum atomic E-state index is -0.110. The van der Waals surface area contributed by atoms with Gasteiger partial charge in [0.25, 0.3) is 5.56 Å². The Morgan fingerprint density at radius 2 is 1.72 bits per heavy atom. The fourth-order valence-electron chi connectivity index (χ4n) is 6.00. The Kier molecular flexibility index (Phi) is 5.70. The Hall–Kier alpha value is -3.26. The maximum absolute atomic E-state index is 13.3. The predicted molar refractivity (Wildman–Crippen MR) is 145 cm³/mol.